The molecule has 0 N–H and O–H groups in total. The van der Waals surface area contributed by atoms with Crippen molar-refractivity contribution in [3.05, 3.63) is 66.4 Å². The Hall–Kier alpha value is -3.41. The molecule has 1 fully saturated rings. The summed E-state index contributed by atoms with van der Waals surface area (Å²) in [6.45, 7) is 1.21. The lowest BCUT2D eigenvalue weighted by Crippen LogP contribution is -2.29. The summed E-state index contributed by atoms with van der Waals surface area (Å²) in [5, 5.41) is 0. The Kier molecular flexibility index (Phi) is 5.19. The zero-order chi connectivity index (χ0) is 19.3. The molecule has 3 aromatic rings. The molecule has 1 unspecified atom stereocenters. The van der Waals surface area contributed by atoms with Gasteiger partial charge in [0.1, 0.15) is 11.9 Å². The van der Waals surface area contributed by atoms with E-state index in [0.717, 1.165) is 28.8 Å². The number of likely N-dealkylation sites (tertiary alicyclic amines) is 1. The van der Waals surface area contributed by atoms with Crippen LogP contribution < -0.4 is 9.47 Å². The zero-order valence-corrected chi connectivity index (χ0v) is 15.6. The molecular weight excluding hydrogens is 354 g/mol. The second kappa shape index (κ2) is 8.08. The van der Waals surface area contributed by atoms with Crippen molar-refractivity contribution in [3.63, 3.8) is 0 Å². The Morgan fingerprint density at radius 2 is 1.93 bits per heavy atom. The summed E-state index contributed by atoms with van der Waals surface area (Å²) in [5.74, 6) is 1.26. The molecule has 1 atom stereocenters. The van der Waals surface area contributed by atoms with Gasteiger partial charge in [-0.15, -0.1) is 0 Å². The molecule has 1 aliphatic rings. The van der Waals surface area contributed by atoms with E-state index in [1.54, 1.807) is 24.3 Å². The van der Waals surface area contributed by atoms with E-state index < -0.39 is 0 Å². The molecule has 0 aliphatic carbocycles. The van der Waals surface area contributed by atoms with Gasteiger partial charge in [-0.1, -0.05) is 24.3 Å². The predicted octanol–water partition coefficient (Wildman–Crippen LogP) is 3.33. The second-order valence-electron chi connectivity index (χ2n) is 6.62. The summed E-state index contributed by atoms with van der Waals surface area (Å²) in [6.07, 6.45) is 5.74. The van der Waals surface area contributed by atoms with Gasteiger partial charge in [0.05, 0.1) is 30.9 Å². The molecule has 2 heterocycles. The van der Waals surface area contributed by atoms with Crippen molar-refractivity contribution >= 4 is 23.0 Å². The first-order valence-electron chi connectivity index (χ1n) is 9.21. The van der Waals surface area contributed by atoms with E-state index >= 15 is 0 Å². The average molecular weight is 375 g/mol. The molecule has 2 aromatic carbocycles. The van der Waals surface area contributed by atoms with E-state index in [9.17, 15) is 4.79 Å². The summed E-state index contributed by atoms with van der Waals surface area (Å²) in [4.78, 5) is 23.1. The molecule has 0 bridgehead atoms. The maximum absolute atomic E-state index is 12.4. The van der Waals surface area contributed by atoms with Crippen LogP contribution in [0.5, 0.6) is 11.6 Å². The van der Waals surface area contributed by atoms with Crippen LogP contribution >= 0.6 is 0 Å². The minimum Gasteiger partial charge on any atom is -0.497 e. The van der Waals surface area contributed by atoms with Gasteiger partial charge >= 0.3 is 0 Å². The maximum Gasteiger partial charge on any atom is 0.246 e. The quantitative estimate of drug-likeness (QED) is 0.640. The van der Waals surface area contributed by atoms with Crippen LogP contribution in [0.25, 0.3) is 17.1 Å². The Morgan fingerprint density at radius 1 is 1.14 bits per heavy atom. The Morgan fingerprint density at radius 3 is 2.71 bits per heavy atom. The third kappa shape index (κ3) is 4.11. The van der Waals surface area contributed by atoms with Crippen LogP contribution in [0.1, 0.15) is 12.0 Å². The average Bonchev–Trinajstić information content (AvgIpc) is 3.21. The number of benzene rings is 2. The molecule has 1 aromatic heterocycles. The van der Waals surface area contributed by atoms with E-state index in [4.69, 9.17) is 9.47 Å². The van der Waals surface area contributed by atoms with Crippen LogP contribution in [0.2, 0.25) is 0 Å². The number of hydrogen-bond acceptors (Lipinski definition) is 5. The Labute approximate surface area is 163 Å². The van der Waals surface area contributed by atoms with Crippen LogP contribution in [0, 0.1) is 0 Å². The third-order valence-corrected chi connectivity index (χ3v) is 4.70. The van der Waals surface area contributed by atoms with Crippen molar-refractivity contribution in [2.24, 2.45) is 0 Å². The van der Waals surface area contributed by atoms with Gasteiger partial charge < -0.3 is 14.4 Å². The highest BCUT2D eigenvalue weighted by molar-refractivity contribution is 5.92. The monoisotopic (exact) mass is 375 g/mol. The first-order valence-corrected chi connectivity index (χ1v) is 9.21. The van der Waals surface area contributed by atoms with Gasteiger partial charge in [-0.3, -0.25) is 4.79 Å². The maximum atomic E-state index is 12.4. The second-order valence-corrected chi connectivity index (χ2v) is 6.62. The minimum absolute atomic E-state index is 0.0217. The van der Waals surface area contributed by atoms with Crippen molar-refractivity contribution in [2.45, 2.75) is 12.5 Å². The van der Waals surface area contributed by atoms with E-state index in [2.05, 4.69) is 9.97 Å². The Bertz CT molecular complexity index is 1000. The van der Waals surface area contributed by atoms with Crippen molar-refractivity contribution in [3.8, 4) is 11.6 Å². The number of nitrogens with zero attached hydrogens (tertiary/aromatic N) is 3. The summed E-state index contributed by atoms with van der Waals surface area (Å²) in [6, 6.07) is 15.2. The molecule has 6 heteroatoms. The van der Waals surface area contributed by atoms with Crippen molar-refractivity contribution in [1.29, 1.82) is 0 Å². The number of hydrogen-bond donors (Lipinski definition) is 0. The molecule has 1 amide bonds. The van der Waals surface area contributed by atoms with Gasteiger partial charge in [-0.05, 0) is 35.9 Å². The number of aromatic nitrogens is 2. The molecule has 0 spiro atoms. The number of para-hydroxylation sites is 2. The lowest BCUT2D eigenvalue weighted by atomic mass is 10.2. The summed E-state index contributed by atoms with van der Waals surface area (Å²) < 4.78 is 11.1. The van der Waals surface area contributed by atoms with Crippen molar-refractivity contribution < 1.29 is 14.3 Å². The highest BCUT2D eigenvalue weighted by atomic mass is 16.5. The predicted molar refractivity (Wildman–Crippen MR) is 107 cm³/mol. The molecule has 4 rings (SSSR count). The molecule has 0 saturated carbocycles. The fourth-order valence-corrected chi connectivity index (χ4v) is 3.18. The van der Waals surface area contributed by atoms with E-state index in [1.165, 1.54) is 0 Å². The van der Waals surface area contributed by atoms with E-state index in [1.807, 2.05) is 54.6 Å². The van der Waals surface area contributed by atoms with Crippen molar-refractivity contribution in [2.75, 3.05) is 20.2 Å². The number of carbonyl (C=O) groups is 1. The van der Waals surface area contributed by atoms with Crippen LogP contribution in [0.15, 0.2) is 60.8 Å². The molecule has 0 radical (unpaired) electrons. The minimum atomic E-state index is -0.0752. The fraction of sp³-hybridized carbons (Fsp3) is 0.227. The third-order valence-electron chi connectivity index (χ3n) is 4.70. The first kappa shape index (κ1) is 18.0. The van der Waals surface area contributed by atoms with Gasteiger partial charge in [-0.25, -0.2) is 9.97 Å². The van der Waals surface area contributed by atoms with E-state index in [0.29, 0.717) is 19.0 Å². The number of fused-ring (bicyclic) bond motifs is 1. The number of ether oxygens (including phenoxy) is 2. The van der Waals surface area contributed by atoms with Gasteiger partial charge in [0.25, 0.3) is 0 Å². The smallest absolute Gasteiger partial charge is 0.246 e. The SMILES string of the molecule is COc1ccc(/C=C/C(=O)N2CCC(Oc3cnc4ccccc4n3)C2)cc1. The van der Waals surface area contributed by atoms with Gasteiger partial charge in [-0.2, -0.15) is 0 Å². The van der Waals surface area contributed by atoms with Gasteiger partial charge in [0.15, 0.2) is 0 Å². The topological polar surface area (TPSA) is 64.5 Å². The van der Waals surface area contributed by atoms with Gasteiger partial charge in [0, 0.05) is 19.0 Å². The number of methoxy groups -OCH3 is 1. The summed E-state index contributed by atoms with van der Waals surface area (Å²) in [7, 11) is 1.63. The van der Waals surface area contributed by atoms with Gasteiger partial charge in [0.2, 0.25) is 11.8 Å². The highest BCUT2D eigenvalue weighted by Crippen LogP contribution is 2.19. The number of carbonyl (C=O) groups excluding carboxylic acids is 1. The molecule has 6 nitrogen and oxygen atoms in total. The molecule has 28 heavy (non-hydrogen) atoms. The zero-order valence-electron chi connectivity index (χ0n) is 15.6. The summed E-state index contributed by atoms with van der Waals surface area (Å²) >= 11 is 0. The molecular formula is C22H21N3O3. The first-order chi connectivity index (χ1) is 13.7. The van der Waals surface area contributed by atoms with Crippen LogP contribution in [0.3, 0.4) is 0 Å². The fourth-order valence-electron chi connectivity index (χ4n) is 3.18. The largest absolute Gasteiger partial charge is 0.497 e. The lowest BCUT2D eigenvalue weighted by Gasteiger charge is -2.15. The van der Waals surface area contributed by atoms with Crippen LogP contribution in [0.4, 0.5) is 0 Å². The lowest BCUT2D eigenvalue weighted by molar-refractivity contribution is -0.125. The molecule has 1 aliphatic heterocycles. The highest BCUT2D eigenvalue weighted by Gasteiger charge is 2.26. The van der Waals surface area contributed by atoms with Crippen LogP contribution in [-0.2, 0) is 4.79 Å². The van der Waals surface area contributed by atoms with E-state index in [-0.39, 0.29) is 12.0 Å². The number of rotatable bonds is 5. The Balaban J connectivity index is 1.34. The van der Waals surface area contributed by atoms with Crippen LogP contribution in [-0.4, -0.2) is 47.1 Å². The molecule has 1 saturated heterocycles. The summed E-state index contributed by atoms with van der Waals surface area (Å²) in [5.41, 5.74) is 2.59. The normalized spacial score (nSPS) is 16.6. The molecule has 142 valence electrons. The standard InChI is InChI=1S/C22H21N3O3/c1-27-17-9-6-16(7-10-17)8-11-22(26)25-13-12-18(15-25)28-21-14-23-19-4-2-3-5-20(19)24-21/h2-11,14,18H,12-13,15H2,1H3/b11-8+. The number of amides is 1. The van der Waals surface area contributed by atoms with Crippen molar-refractivity contribution in [1.82, 2.24) is 14.9 Å².